The Kier molecular flexibility index (Phi) is 4.75. The molecule has 1 fully saturated rings. The van der Waals surface area contributed by atoms with Crippen LogP contribution in [0, 0.1) is 0 Å². The number of aromatic nitrogens is 3. The number of piperidine rings is 1. The number of halogens is 1. The smallest absolute Gasteiger partial charge is 0.397 e. The molecule has 5 rings (SSSR count). The zero-order valence-electron chi connectivity index (χ0n) is 16.5. The SMILES string of the molecule is Cn1cc(CCN2CCC(c3c4ccc(Cl)cc4n4oc(=O)c(=O)oc34)CC2)cn1. The van der Waals surface area contributed by atoms with Crippen LogP contribution >= 0.6 is 11.6 Å². The first-order valence-electron chi connectivity index (χ1n) is 9.98. The van der Waals surface area contributed by atoms with Crippen LogP contribution in [0.25, 0.3) is 16.6 Å². The monoisotopic (exact) mass is 428 g/mol. The van der Waals surface area contributed by atoms with Gasteiger partial charge in [-0.25, -0.2) is 9.59 Å². The minimum Gasteiger partial charge on any atom is -0.397 e. The Morgan fingerprint density at radius 1 is 1.20 bits per heavy atom. The lowest BCUT2D eigenvalue weighted by Gasteiger charge is -2.31. The maximum absolute atomic E-state index is 11.9. The van der Waals surface area contributed by atoms with Crippen molar-refractivity contribution in [3.05, 3.63) is 67.6 Å². The first-order valence-corrected chi connectivity index (χ1v) is 10.4. The molecular formula is C21H21ClN4O4. The summed E-state index contributed by atoms with van der Waals surface area (Å²) in [6.45, 7) is 2.87. The molecule has 4 aromatic rings. The maximum atomic E-state index is 11.9. The summed E-state index contributed by atoms with van der Waals surface area (Å²) in [7, 11) is 1.93. The summed E-state index contributed by atoms with van der Waals surface area (Å²) >= 11 is 6.15. The zero-order valence-corrected chi connectivity index (χ0v) is 17.3. The molecular weight excluding hydrogens is 408 g/mol. The molecule has 3 aromatic heterocycles. The van der Waals surface area contributed by atoms with Gasteiger partial charge in [-0.05, 0) is 56.0 Å². The van der Waals surface area contributed by atoms with Crippen LogP contribution in [0.15, 0.2) is 49.1 Å². The van der Waals surface area contributed by atoms with E-state index in [0.29, 0.717) is 16.3 Å². The Balaban J connectivity index is 1.43. The van der Waals surface area contributed by atoms with Crippen molar-refractivity contribution in [3.8, 4) is 0 Å². The Morgan fingerprint density at radius 2 is 2.00 bits per heavy atom. The predicted octanol–water partition coefficient (Wildman–Crippen LogP) is 2.81. The fourth-order valence-electron chi connectivity index (χ4n) is 4.40. The van der Waals surface area contributed by atoms with E-state index >= 15 is 0 Å². The van der Waals surface area contributed by atoms with Gasteiger partial charge in [-0.1, -0.05) is 17.7 Å². The van der Waals surface area contributed by atoms with E-state index in [4.69, 9.17) is 20.5 Å². The molecule has 1 aliphatic heterocycles. The summed E-state index contributed by atoms with van der Waals surface area (Å²) in [6.07, 6.45) is 6.77. The summed E-state index contributed by atoms with van der Waals surface area (Å²) in [5.74, 6) is 0.198. The molecule has 0 unspecified atom stereocenters. The van der Waals surface area contributed by atoms with Crippen molar-refractivity contribution < 1.29 is 8.94 Å². The maximum Gasteiger partial charge on any atom is 0.442 e. The second-order valence-corrected chi connectivity index (χ2v) is 8.27. The zero-order chi connectivity index (χ0) is 20.8. The molecule has 0 radical (unpaired) electrons. The van der Waals surface area contributed by atoms with Crippen molar-refractivity contribution in [3.63, 3.8) is 0 Å². The van der Waals surface area contributed by atoms with E-state index in [1.807, 2.05) is 30.2 Å². The number of rotatable bonds is 4. The number of likely N-dealkylation sites (tertiary alicyclic amines) is 1. The predicted molar refractivity (Wildman–Crippen MR) is 112 cm³/mol. The van der Waals surface area contributed by atoms with Crippen LogP contribution in [-0.2, 0) is 13.5 Å². The number of aryl methyl sites for hydroxylation is 1. The Hall–Kier alpha value is -2.84. The van der Waals surface area contributed by atoms with E-state index in [1.54, 1.807) is 12.1 Å². The van der Waals surface area contributed by atoms with Crippen molar-refractivity contribution in [2.45, 2.75) is 25.2 Å². The van der Waals surface area contributed by atoms with Crippen molar-refractivity contribution in [1.29, 1.82) is 0 Å². The average Bonchev–Trinajstić information content (AvgIpc) is 3.28. The highest BCUT2D eigenvalue weighted by atomic mass is 35.5. The summed E-state index contributed by atoms with van der Waals surface area (Å²) in [6, 6.07) is 5.42. The molecule has 156 valence electrons. The van der Waals surface area contributed by atoms with E-state index < -0.39 is 11.3 Å². The van der Waals surface area contributed by atoms with E-state index in [-0.39, 0.29) is 5.92 Å². The standard InChI is InChI=1S/C21H21ClN4O4/c1-24-12-13(11-23-24)4-7-25-8-5-14(6-9-25)18-16-3-2-15(22)10-17(16)26-19(18)29-20(27)21(28)30-26/h2-3,10-12,14H,4-9H2,1H3. The fraction of sp³-hybridized carbons (Fsp3) is 0.381. The Morgan fingerprint density at radius 3 is 2.73 bits per heavy atom. The van der Waals surface area contributed by atoms with E-state index in [2.05, 4.69) is 10.00 Å². The minimum atomic E-state index is -1.03. The fourth-order valence-corrected chi connectivity index (χ4v) is 4.57. The molecule has 30 heavy (non-hydrogen) atoms. The van der Waals surface area contributed by atoms with Crippen LogP contribution in [0.5, 0.6) is 0 Å². The molecule has 0 N–H and O–H groups in total. The second kappa shape index (κ2) is 7.45. The Bertz CT molecular complexity index is 1340. The largest absolute Gasteiger partial charge is 0.442 e. The van der Waals surface area contributed by atoms with Crippen molar-refractivity contribution in [2.75, 3.05) is 19.6 Å². The van der Waals surface area contributed by atoms with Crippen LogP contribution in [-0.4, -0.2) is 38.9 Å². The van der Waals surface area contributed by atoms with E-state index in [1.165, 1.54) is 10.1 Å². The van der Waals surface area contributed by atoms with Crippen LogP contribution in [0.3, 0.4) is 0 Å². The highest BCUT2D eigenvalue weighted by Crippen LogP contribution is 2.38. The third-order valence-corrected chi connectivity index (χ3v) is 6.12. The molecule has 0 bridgehead atoms. The third-order valence-electron chi connectivity index (χ3n) is 5.88. The molecule has 1 aromatic carbocycles. The lowest BCUT2D eigenvalue weighted by molar-refractivity contribution is 0.214. The van der Waals surface area contributed by atoms with Crippen molar-refractivity contribution in [1.82, 2.24) is 19.3 Å². The molecule has 9 heteroatoms. The topological polar surface area (TPSA) is 85.9 Å². The molecule has 0 atom stereocenters. The summed E-state index contributed by atoms with van der Waals surface area (Å²) in [5.41, 5.74) is 1.05. The first kappa shape index (κ1) is 19.1. The highest BCUT2D eigenvalue weighted by Gasteiger charge is 2.28. The highest BCUT2D eigenvalue weighted by molar-refractivity contribution is 6.31. The number of fused-ring (bicyclic) bond motifs is 3. The Labute approximate surface area is 176 Å². The van der Waals surface area contributed by atoms with Gasteiger partial charge in [0.05, 0.1) is 11.7 Å². The van der Waals surface area contributed by atoms with E-state index in [9.17, 15) is 9.59 Å². The number of benzene rings is 1. The van der Waals surface area contributed by atoms with E-state index in [0.717, 1.165) is 49.8 Å². The van der Waals surface area contributed by atoms with Gasteiger partial charge in [0.2, 0.25) is 5.71 Å². The van der Waals surface area contributed by atoms with Crippen LogP contribution in [0.2, 0.25) is 5.02 Å². The molecule has 0 amide bonds. The summed E-state index contributed by atoms with van der Waals surface area (Å²) < 4.78 is 13.7. The van der Waals surface area contributed by atoms with Gasteiger partial charge in [-0.15, -0.1) is 4.57 Å². The summed E-state index contributed by atoms with van der Waals surface area (Å²) in [5, 5.41) is 5.64. The van der Waals surface area contributed by atoms with Gasteiger partial charge in [-0.2, -0.15) is 5.10 Å². The molecule has 4 heterocycles. The number of hydrogen-bond acceptors (Lipinski definition) is 6. The average molecular weight is 429 g/mol. The number of nitrogens with zero attached hydrogens (tertiary/aromatic N) is 4. The van der Waals surface area contributed by atoms with Gasteiger partial charge in [0.1, 0.15) is 0 Å². The van der Waals surface area contributed by atoms with Gasteiger partial charge in [0.25, 0.3) is 0 Å². The van der Waals surface area contributed by atoms with Crippen LogP contribution in [0.4, 0.5) is 0 Å². The minimum absolute atomic E-state index is 0.198. The van der Waals surface area contributed by atoms with Crippen molar-refractivity contribution in [2.24, 2.45) is 7.05 Å². The van der Waals surface area contributed by atoms with Crippen LogP contribution < -0.4 is 11.3 Å². The molecule has 8 nitrogen and oxygen atoms in total. The van der Waals surface area contributed by atoms with Gasteiger partial charge < -0.3 is 13.8 Å². The van der Waals surface area contributed by atoms with Crippen molar-refractivity contribution >= 4 is 28.2 Å². The molecule has 0 aliphatic carbocycles. The lowest BCUT2D eigenvalue weighted by Crippen LogP contribution is -2.34. The molecule has 0 saturated carbocycles. The van der Waals surface area contributed by atoms with Crippen LogP contribution in [0.1, 0.15) is 29.9 Å². The van der Waals surface area contributed by atoms with Gasteiger partial charge in [0.15, 0.2) is 0 Å². The normalized spacial score (nSPS) is 16.1. The van der Waals surface area contributed by atoms with Gasteiger partial charge in [0, 0.05) is 35.8 Å². The second-order valence-electron chi connectivity index (χ2n) is 7.83. The van der Waals surface area contributed by atoms with Gasteiger partial charge >= 0.3 is 11.3 Å². The summed E-state index contributed by atoms with van der Waals surface area (Å²) in [4.78, 5) is 26.0. The number of hydrogen-bond donors (Lipinski definition) is 0. The molecule has 1 saturated heterocycles. The van der Waals surface area contributed by atoms with Gasteiger partial charge in [-0.3, -0.25) is 4.68 Å². The molecule has 1 aliphatic rings. The molecule has 0 spiro atoms. The first-order chi connectivity index (χ1) is 14.5. The quantitative estimate of drug-likeness (QED) is 0.464. The lowest BCUT2D eigenvalue weighted by atomic mass is 9.89. The third kappa shape index (κ3) is 3.36.